The van der Waals surface area contributed by atoms with E-state index < -0.39 is 28.5 Å². The monoisotopic (exact) mass is 527 g/mol. The van der Waals surface area contributed by atoms with Crippen LogP contribution in [0.15, 0.2) is 83.8 Å². The summed E-state index contributed by atoms with van der Waals surface area (Å²) in [7, 11) is -1.06. The van der Waals surface area contributed by atoms with E-state index in [-0.39, 0.29) is 23.8 Å². The van der Waals surface area contributed by atoms with Gasteiger partial charge in [-0.2, -0.15) is 4.31 Å². The molecule has 1 N–H and O–H groups in total. The second-order valence-electron chi connectivity index (χ2n) is 8.51. The van der Waals surface area contributed by atoms with Gasteiger partial charge in [0, 0.05) is 32.1 Å². The molecule has 0 radical (unpaired) electrons. The molecule has 1 atom stereocenters. The Hall–Kier alpha value is -3.20. The van der Waals surface area contributed by atoms with Crippen LogP contribution in [0, 0.1) is 6.92 Å². The summed E-state index contributed by atoms with van der Waals surface area (Å²) in [5.41, 5.74) is 2.44. The van der Waals surface area contributed by atoms with E-state index in [2.05, 4.69) is 5.32 Å². The molecule has 9 heteroatoms. The van der Waals surface area contributed by atoms with Crippen LogP contribution >= 0.6 is 11.6 Å². The number of sulfonamides is 1. The Kier molecular flexibility index (Phi) is 9.25. The summed E-state index contributed by atoms with van der Waals surface area (Å²) in [5, 5.41) is 3.09. The number of hydrogen-bond donors (Lipinski definition) is 1. The van der Waals surface area contributed by atoms with E-state index in [0.29, 0.717) is 10.6 Å². The summed E-state index contributed by atoms with van der Waals surface area (Å²) in [4.78, 5) is 28.1. The largest absolute Gasteiger partial charge is 0.357 e. The maximum absolute atomic E-state index is 13.7. The molecule has 0 unspecified atom stereocenters. The van der Waals surface area contributed by atoms with Crippen molar-refractivity contribution < 1.29 is 18.0 Å². The van der Waals surface area contributed by atoms with Crippen molar-refractivity contribution in [2.45, 2.75) is 30.8 Å². The molecule has 0 aromatic heterocycles. The third-order valence-corrected chi connectivity index (χ3v) is 8.09. The van der Waals surface area contributed by atoms with Crippen molar-refractivity contribution in [1.29, 1.82) is 0 Å². The van der Waals surface area contributed by atoms with Crippen molar-refractivity contribution in [3.63, 3.8) is 0 Å². The second kappa shape index (κ2) is 12.2. The van der Waals surface area contributed by atoms with Gasteiger partial charge in [0.25, 0.3) is 0 Å². The number of nitrogens with zero attached hydrogens (tertiary/aromatic N) is 2. The summed E-state index contributed by atoms with van der Waals surface area (Å²) in [6.45, 7) is 1.46. The summed E-state index contributed by atoms with van der Waals surface area (Å²) < 4.78 is 27.2. The molecule has 7 nitrogen and oxygen atoms in total. The standard InChI is InChI=1S/C27H30ClN3O4S/c1-20-13-15-23(16-14-20)36(34,35)30(3)19-26(32)31(18-22-11-7-8-12-24(22)28)25(27(33)29-2)17-21-9-5-4-6-10-21/h4-16,25H,17-19H2,1-3H3,(H,29,33)/t25-/m1/s1. The van der Waals surface area contributed by atoms with Gasteiger partial charge in [-0.05, 0) is 36.2 Å². The topological polar surface area (TPSA) is 86.8 Å². The molecular weight excluding hydrogens is 498 g/mol. The first kappa shape index (κ1) is 27.4. The molecular formula is C27H30ClN3O4S. The number of rotatable bonds is 10. The lowest BCUT2D eigenvalue weighted by atomic mass is 10.0. The van der Waals surface area contributed by atoms with Gasteiger partial charge in [-0.1, -0.05) is 77.8 Å². The Balaban J connectivity index is 1.95. The minimum Gasteiger partial charge on any atom is -0.357 e. The van der Waals surface area contributed by atoms with Crippen molar-refractivity contribution in [1.82, 2.24) is 14.5 Å². The average Bonchev–Trinajstić information content (AvgIpc) is 2.87. The first-order valence-electron chi connectivity index (χ1n) is 11.4. The van der Waals surface area contributed by atoms with Crippen LogP contribution in [-0.2, 0) is 32.6 Å². The Bertz CT molecular complexity index is 1300. The summed E-state index contributed by atoms with van der Waals surface area (Å²) in [5.74, 6) is -0.874. The number of halogens is 1. The van der Waals surface area contributed by atoms with Crippen molar-refractivity contribution in [2.75, 3.05) is 20.6 Å². The first-order valence-corrected chi connectivity index (χ1v) is 13.3. The van der Waals surface area contributed by atoms with Gasteiger partial charge in [0.1, 0.15) is 6.04 Å². The van der Waals surface area contributed by atoms with Crippen LogP contribution in [-0.4, -0.2) is 56.1 Å². The lowest BCUT2D eigenvalue weighted by molar-refractivity contribution is -0.141. The SMILES string of the molecule is CNC(=O)[C@@H](Cc1ccccc1)N(Cc1ccccc1Cl)C(=O)CN(C)S(=O)(=O)c1ccc(C)cc1. The van der Waals surface area contributed by atoms with E-state index in [9.17, 15) is 18.0 Å². The van der Waals surface area contributed by atoms with E-state index in [1.165, 1.54) is 31.1 Å². The van der Waals surface area contributed by atoms with E-state index in [1.807, 2.05) is 37.3 Å². The highest BCUT2D eigenvalue weighted by Gasteiger charge is 2.32. The lowest BCUT2D eigenvalue weighted by Gasteiger charge is -2.32. The molecule has 3 aromatic rings. The van der Waals surface area contributed by atoms with Crippen molar-refractivity contribution in [2.24, 2.45) is 0 Å². The molecule has 3 rings (SSSR count). The van der Waals surface area contributed by atoms with Crippen LogP contribution in [0.1, 0.15) is 16.7 Å². The second-order valence-corrected chi connectivity index (χ2v) is 11.0. The van der Waals surface area contributed by atoms with Gasteiger partial charge in [-0.15, -0.1) is 0 Å². The number of carbonyl (C=O) groups excluding carboxylic acids is 2. The number of carbonyl (C=O) groups is 2. The van der Waals surface area contributed by atoms with Crippen LogP contribution in [0.5, 0.6) is 0 Å². The third-order valence-electron chi connectivity index (χ3n) is 5.90. The molecule has 0 spiro atoms. The van der Waals surface area contributed by atoms with Crippen LogP contribution in [0.2, 0.25) is 5.02 Å². The highest BCUT2D eigenvalue weighted by Crippen LogP contribution is 2.22. The molecule has 36 heavy (non-hydrogen) atoms. The number of nitrogens with one attached hydrogen (secondary N) is 1. The van der Waals surface area contributed by atoms with Gasteiger partial charge < -0.3 is 10.2 Å². The lowest BCUT2D eigenvalue weighted by Crippen LogP contribution is -2.52. The predicted octanol–water partition coefficient (Wildman–Crippen LogP) is 3.66. The minimum atomic E-state index is -3.92. The van der Waals surface area contributed by atoms with Gasteiger partial charge in [0.15, 0.2) is 0 Å². The summed E-state index contributed by atoms with van der Waals surface area (Å²) >= 11 is 6.38. The normalized spacial score (nSPS) is 12.2. The summed E-state index contributed by atoms with van der Waals surface area (Å²) in [6.07, 6.45) is 0.255. The number of likely N-dealkylation sites (N-methyl/N-ethyl adjacent to an activating group) is 2. The van der Waals surface area contributed by atoms with Crippen LogP contribution in [0.4, 0.5) is 0 Å². The smallest absolute Gasteiger partial charge is 0.243 e. The van der Waals surface area contributed by atoms with E-state index >= 15 is 0 Å². The molecule has 0 fully saturated rings. The molecule has 2 amide bonds. The fraction of sp³-hybridized carbons (Fsp3) is 0.259. The van der Waals surface area contributed by atoms with Crippen molar-refractivity contribution >= 4 is 33.4 Å². The molecule has 0 saturated heterocycles. The zero-order valence-corrected chi connectivity index (χ0v) is 22.1. The summed E-state index contributed by atoms with van der Waals surface area (Å²) in [6, 6.07) is 21.9. The Labute approximate surface area is 217 Å². The highest BCUT2D eigenvalue weighted by molar-refractivity contribution is 7.89. The third kappa shape index (κ3) is 6.72. The highest BCUT2D eigenvalue weighted by atomic mass is 35.5. The Morgan fingerprint density at radius 2 is 1.56 bits per heavy atom. The quantitative estimate of drug-likeness (QED) is 0.436. The van der Waals surface area contributed by atoms with Crippen LogP contribution in [0.25, 0.3) is 0 Å². The number of aryl methyl sites for hydroxylation is 1. The minimum absolute atomic E-state index is 0.0435. The van der Waals surface area contributed by atoms with Crippen LogP contribution in [0.3, 0.4) is 0 Å². The zero-order chi connectivity index (χ0) is 26.3. The predicted molar refractivity (Wildman–Crippen MR) is 141 cm³/mol. The molecule has 0 aliphatic heterocycles. The van der Waals surface area contributed by atoms with E-state index in [0.717, 1.165) is 15.4 Å². The van der Waals surface area contributed by atoms with Gasteiger partial charge in [-0.3, -0.25) is 9.59 Å². The maximum atomic E-state index is 13.7. The van der Waals surface area contributed by atoms with Crippen molar-refractivity contribution in [3.8, 4) is 0 Å². The molecule has 0 saturated carbocycles. The fourth-order valence-electron chi connectivity index (χ4n) is 3.79. The van der Waals surface area contributed by atoms with Gasteiger partial charge in [0.05, 0.1) is 11.4 Å². The molecule has 0 bridgehead atoms. The Morgan fingerprint density at radius 3 is 2.17 bits per heavy atom. The maximum Gasteiger partial charge on any atom is 0.243 e. The fourth-order valence-corrected chi connectivity index (χ4v) is 5.10. The van der Waals surface area contributed by atoms with Crippen LogP contribution < -0.4 is 5.32 Å². The van der Waals surface area contributed by atoms with Gasteiger partial charge >= 0.3 is 0 Å². The van der Waals surface area contributed by atoms with E-state index in [4.69, 9.17) is 11.6 Å². The molecule has 190 valence electrons. The average molecular weight is 528 g/mol. The molecule has 0 aliphatic rings. The number of benzene rings is 3. The van der Waals surface area contributed by atoms with E-state index in [1.54, 1.807) is 36.4 Å². The number of amides is 2. The molecule has 0 heterocycles. The first-order chi connectivity index (χ1) is 17.1. The van der Waals surface area contributed by atoms with Gasteiger partial charge in [0.2, 0.25) is 21.8 Å². The zero-order valence-electron chi connectivity index (χ0n) is 20.5. The Morgan fingerprint density at radius 1 is 0.944 bits per heavy atom. The number of hydrogen-bond acceptors (Lipinski definition) is 4. The molecule has 3 aromatic carbocycles. The van der Waals surface area contributed by atoms with Crippen molar-refractivity contribution in [3.05, 3.63) is 101 Å². The molecule has 0 aliphatic carbocycles. The van der Waals surface area contributed by atoms with Gasteiger partial charge in [-0.25, -0.2) is 8.42 Å².